The van der Waals surface area contributed by atoms with Gasteiger partial charge in [-0.15, -0.1) is 0 Å². The van der Waals surface area contributed by atoms with Gasteiger partial charge < -0.3 is 15.2 Å². The zero-order chi connectivity index (χ0) is 12.8. The molecule has 0 atom stereocenters. The first-order chi connectivity index (χ1) is 8.02. The highest BCUT2D eigenvalue weighted by atomic mass is 35.5. The van der Waals surface area contributed by atoms with Gasteiger partial charge in [-0.3, -0.25) is 0 Å². The summed E-state index contributed by atoms with van der Waals surface area (Å²) in [7, 11) is 0. The molecule has 0 unspecified atom stereocenters. The summed E-state index contributed by atoms with van der Waals surface area (Å²) in [5.74, 6) is -0.591. The van der Waals surface area contributed by atoms with Crippen LogP contribution in [0, 0.1) is 0 Å². The van der Waals surface area contributed by atoms with Crippen LogP contribution in [0.25, 0.3) is 0 Å². The van der Waals surface area contributed by atoms with E-state index in [1.54, 1.807) is 6.92 Å². The van der Waals surface area contributed by atoms with E-state index >= 15 is 0 Å². The molecular weight excluding hydrogens is 248 g/mol. The summed E-state index contributed by atoms with van der Waals surface area (Å²) >= 11 is 5.79. The van der Waals surface area contributed by atoms with Crippen LogP contribution in [0.4, 0.5) is 4.79 Å². The van der Waals surface area contributed by atoms with Gasteiger partial charge in [0.05, 0.1) is 18.8 Å². The van der Waals surface area contributed by atoms with Gasteiger partial charge in [0, 0.05) is 5.02 Å². The maximum Gasteiger partial charge on any atom is 0.404 e. The van der Waals surface area contributed by atoms with Gasteiger partial charge in [0.15, 0.2) is 0 Å². The number of amides is 1. The highest BCUT2D eigenvalue weighted by Gasteiger charge is 2.11. The predicted octanol–water partition coefficient (Wildman–Crippen LogP) is 1.68. The minimum atomic E-state index is -1.18. The molecule has 0 saturated carbocycles. The number of pyridine rings is 1. The van der Waals surface area contributed by atoms with Crippen LogP contribution in [-0.2, 0) is 11.3 Å². The van der Waals surface area contributed by atoms with Gasteiger partial charge in [0.2, 0.25) is 0 Å². The molecule has 0 fully saturated rings. The van der Waals surface area contributed by atoms with Crippen LogP contribution in [-0.4, -0.2) is 28.8 Å². The van der Waals surface area contributed by atoms with Crippen molar-refractivity contribution >= 4 is 23.7 Å². The molecule has 92 valence electrons. The second-order valence-electron chi connectivity index (χ2n) is 3.04. The summed E-state index contributed by atoms with van der Waals surface area (Å²) in [6.07, 6.45) is -1.18. The summed E-state index contributed by atoms with van der Waals surface area (Å²) in [6.45, 7) is 1.88. The average molecular weight is 259 g/mol. The Labute approximate surface area is 103 Å². The molecule has 0 spiro atoms. The summed E-state index contributed by atoms with van der Waals surface area (Å²) < 4.78 is 4.77. The fourth-order valence-electron chi connectivity index (χ4n) is 1.12. The van der Waals surface area contributed by atoms with E-state index in [-0.39, 0.29) is 18.8 Å². The number of hydrogen-bond acceptors (Lipinski definition) is 4. The maximum atomic E-state index is 11.4. The Hall–Kier alpha value is -1.82. The molecule has 7 heteroatoms. The lowest BCUT2D eigenvalue weighted by atomic mass is 10.3. The van der Waals surface area contributed by atoms with Gasteiger partial charge in [0.25, 0.3) is 0 Å². The molecule has 0 radical (unpaired) electrons. The molecule has 0 aliphatic rings. The zero-order valence-corrected chi connectivity index (χ0v) is 9.82. The molecule has 1 aromatic rings. The molecule has 0 saturated heterocycles. The van der Waals surface area contributed by atoms with Crippen molar-refractivity contribution in [3.63, 3.8) is 0 Å². The molecule has 1 amide bonds. The Kier molecular flexibility index (Phi) is 4.71. The van der Waals surface area contributed by atoms with Gasteiger partial charge in [0.1, 0.15) is 5.69 Å². The first-order valence-electron chi connectivity index (χ1n) is 4.83. The standard InChI is InChI=1S/C10H11ClN2O4/c1-2-17-9(14)8-4-6(11)3-7(13-8)5-12-10(15)16/h3-4,12H,2,5H2,1H3,(H,15,16). The Morgan fingerprint density at radius 1 is 1.53 bits per heavy atom. The van der Waals surface area contributed by atoms with Crippen molar-refractivity contribution in [2.45, 2.75) is 13.5 Å². The summed E-state index contributed by atoms with van der Waals surface area (Å²) in [4.78, 5) is 25.7. The normalized spacial score (nSPS) is 9.76. The smallest absolute Gasteiger partial charge is 0.404 e. The topological polar surface area (TPSA) is 88.5 Å². The molecule has 0 aromatic carbocycles. The second kappa shape index (κ2) is 6.05. The van der Waals surface area contributed by atoms with Crippen LogP contribution in [0.15, 0.2) is 12.1 Å². The van der Waals surface area contributed by atoms with Crippen molar-refractivity contribution in [2.24, 2.45) is 0 Å². The van der Waals surface area contributed by atoms with Gasteiger partial charge in [-0.25, -0.2) is 14.6 Å². The van der Waals surface area contributed by atoms with E-state index in [4.69, 9.17) is 21.4 Å². The number of esters is 1. The van der Waals surface area contributed by atoms with Gasteiger partial charge >= 0.3 is 12.1 Å². The number of carbonyl (C=O) groups is 2. The third-order valence-electron chi connectivity index (χ3n) is 1.75. The van der Waals surface area contributed by atoms with E-state index in [0.717, 1.165) is 0 Å². The fraction of sp³-hybridized carbons (Fsp3) is 0.300. The summed E-state index contributed by atoms with van der Waals surface area (Å²) in [6, 6.07) is 2.84. The molecule has 0 aliphatic carbocycles. The summed E-state index contributed by atoms with van der Waals surface area (Å²) in [5.41, 5.74) is 0.407. The molecule has 2 N–H and O–H groups in total. The van der Waals surface area contributed by atoms with Crippen LogP contribution >= 0.6 is 11.6 Å². The number of aromatic nitrogens is 1. The number of carbonyl (C=O) groups excluding carboxylic acids is 1. The van der Waals surface area contributed by atoms with Crippen LogP contribution in [0.1, 0.15) is 23.1 Å². The van der Waals surface area contributed by atoms with Gasteiger partial charge in [-0.1, -0.05) is 11.6 Å². The van der Waals surface area contributed by atoms with E-state index in [9.17, 15) is 9.59 Å². The molecule has 1 aromatic heterocycles. The molecule has 0 bridgehead atoms. The molecule has 0 aliphatic heterocycles. The van der Waals surface area contributed by atoms with Gasteiger partial charge in [-0.2, -0.15) is 0 Å². The average Bonchev–Trinajstić information content (AvgIpc) is 2.26. The monoisotopic (exact) mass is 258 g/mol. The van der Waals surface area contributed by atoms with Crippen LogP contribution in [0.3, 0.4) is 0 Å². The van der Waals surface area contributed by atoms with Crippen molar-refractivity contribution < 1.29 is 19.4 Å². The number of hydrogen-bond donors (Lipinski definition) is 2. The zero-order valence-electron chi connectivity index (χ0n) is 9.07. The Morgan fingerprint density at radius 2 is 2.24 bits per heavy atom. The third-order valence-corrected chi connectivity index (χ3v) is 1.97. The first-order valence-corrected chi connectivity index (χ1v) is 5.21. The molecule has 6 nitrogen and oxygen atoms in total. The minimum absolute atomic E-state index is 0.0255. The summed E-state index contributed by atoms with van der Waals surface area (Å²) in [5, 5.41) is 10.9. The van der Waals surface area contributed by atoms with E-state index < -0.39 is 12.1 Å². The lowest BCUT2D eigenvalue weighted by Crippen LogP contribution is -2.21. The number of carboxylic acid groups (broad SMARTS) is 1. The van der Waals surface area contributed by atoms with Crippen molar-refractivity contribution in [2.75, 3.05) is 6.61 Å². The number of halogens is 1. The molecular formula is C10H11ClN2O4. The van der Waals surface area contributed by atoms with Crippen LogP contribution < -0.4 is 5.32 Å². The number of rotatable bonds is 4. The second-order valence-corrected chi connectivity index (χ2v) is 3.48. The fourth-order valence-corrected chi connectivity index (χ4v) is 1.35. The van der Waals surface area contributed by atoms with Crippen molar-refractivity contribution in [1.82, 2.24) is 10.3 Å². The first kappa shape index (κ1) is 13.2. The quantitative estimate of drug-likeness (QED) is 0.802. The highest BCUT2D eigenvalue weighted by Crippen LogP contribution is 2.12. The number of ether oxygens (including phenoxy) is 1. The van der Waals surface area contributed by atoms with Crippen LogP contribution in [0.2, 0.25) is 5.02 Å². The van der Waals surface area contributed by atoms with Crippen molar-refractivity contribution in [3.8, 4) is 0 Å². The Morgan fingerprint density at radius 3 is 2.82 bits per heavy atom. The Balaban J connectivity index is 2.86. The predicted molar refractivity (Wildman–Crippen MR) is 60.1 cm³/mol. The molecule has 1 rings (SSSR count). The molecule has 17 heavy (non-hydrogen) atoms. The van der Waals surface area contributed by atoms with E-state index in [1.165, 1.54) is 12.1 Å². The highest BCUT2D eigenvalue weighted by molar-refractivity contribution is 6.30. The van der Waals surface area contributed by atoms with Crippen molar-refractivity contribution in [3.05, 3.63) is 28.5 Å². The Bertz CT molecular complexity index is 436. The van der Waals surface area contributed by atoms with Crippen LogP contribution in [0.5, 0.6) is 0 Å². The SMILES string of the molecule is CCOC(=O)c1cc(Cl)cc(CNC(=O)O)n1. The molecule has 1 heterocycles. The lowest BCUT2D eigenvalue weighted by molar-refractivity contribution is 0.0519. The van der Waals surface area contributed by atoms with E-state index in [2.05, 4.69) is 10.3 Å². The number of nitrogens with one attached hydrogen (secondary N) is 1. The lowest BCUT2D eigenvalue weighted by Gasteiger charge is -2.05. The van der Waals surface area contributed by atoms with Crippen molar-refractivity contribution in [1.29, 1.82) is 0 Å². The number of nitrogens with zero attached hydrogens (tertiary/aromatic N) is 1. The minimum Gasteiger partial charge on any atom is -0.465 e. The third kappa shape index (κ3) is 4.28. The van der Waals surface area contributed by atoms with E-state index in [0.29, 0.717) is 10.7 Å². The van der Waals surface area contributed by atoms with E-state index in [1.807, 2.05) is 0 Å². The largest absolute Gasteiger partial charge is 0.465 e. The maximum absolute atomic E-state index is 11.4. The van der Waals surface area contributed by atoms with Gasteiger partial charge in [-0.05, 0) is 19.1 Å².